The van der Waals surface area contributed by atoms with Crippen LogP contribution in [0.15, 0.2) is 29.2 Å². The standard InChI is InChI=1S/C16H22FNO6S2/c17-13-5-7-15(8-6-13)26(23,24)18(10-3-1-2-4-16(19)20)14-9-11-25(21,22)12-14/h5-8,14H,1-4,9-12H2,(H,19,20)/t14-/m1/s1. The van der Waals surface area contributed by atoms with Gasteiger partial charge in [-0.05, 0) is 43.5 Å². The van der Waals surface area contributed by atoms with Crippen LogP contribution in [0.3, 0.4) is 0 Å². The Labute approximate surface area is 152 Å². The summed E-state index contributed by atoms with van der Waals surface area (Å²) >= 11 is 0. The Bertz CT molecular complexity index is 836. The molecule has 7 nitrogen and oxygen atoms in total. The molecule has 0 bridgehead atoms. The third kappa shape index (κ3) is 5.49. The SMILES string of the molecule is O=C(O)CCCCCN([C@@H]1CCS(=O)(=O)C1)S(=O)(=O)c1ccc(F)cc1. The van der Waals surface area contributed by atoms with E-state index in [2.05, 4.69) is 0 Å². The van der Waals surface area contributed by atoms with E-state index in [1.54, 1.807) is 0 Å². The number of carboxylic acids is 1. The number of nitrogens with zero attached hydrogens (tertiary/aromatic N) is 1. The van der Waals surface area contributed by atoms with Crippen LogP contribution in [0.2, 0.25) is 0 Å². The normalized spacial score (nSPS) is 19.7. The monoisotopic (exact) mass is 407 g/mol. The minimum atomic E-state index is -3.97. The van der Waals surface area contributed by atoms with Gasteiger partial charge in [-0.15, -0.1) is 0 Å². The number of unbranched alkanes of at least 4 members (excludes halogenated alkanes) is 2. The van der Waals surface area contributed by atoms with Crippen molar-refractivity contribution in [1.82, 2.24) is 4.31 Å². The first kappa shape index (κ1) is 20.8. The van der Waals surface area contributed by atoms with Crippen LogP contribution in [0.5, 0.6) is 0 Å². The minimum Gasteiger partial charge on any atom is -0.481 e. The number of halogens is 1. The topological polar surface area (TPSA) is 109 Å². The van der Waals surface area contributed by atoms with Gasteiger partial charge in [0, 0.05) is 19.0 Å². The summed E-state index contributed by atoms with van der Waals surface area (Å²) in [5.41, 5.74) is 0. The molecule has 1 aliphatic heterocycles. The van der Waals surface area contributed by atoms with Gasteiger partial charge in [-0.2, -0.15) is 4.31 Å². The van der Waals surface area contributed by atoms with E-state index in [0.717, 1.165) is 24.3 Å². The predicted octanol–water partition coefficient (Wildman–Crippen LogP) is 1.65. The number of benzene rings is 1. The molecule has 1 aromatic carbocycles. The highest BCUT2D eigenvalue weighted by molar-refractivity contribution is 7.92. The second-order valence-corrected chi connectivity index (χ2v) is 10.5. The average molecular weight is 407 g/mol. The molecule has 1 aliphatic rings. The number of aliphatic carboxylic acids is 1. The first-order valence-electron chi connectivity index (χ1n) is 8.31. The lowest BCUT2D eigenvalue weighted by atomic mass is 10.2. The third-order valence-corrected chi connectivity index (χ3v) is 8.02. The van der Waals surface area contributed by atoms with Crippen LogP contribution in [0, 0.1) is 5.82 Å². The summed E-state index contributed by atoms with van der Waals surface area (Å²) in [5, 5.41) is 8.65. The molecule has 0 radical (unpaired) electrons. The maximum Gasteiger partial charge on any atom is 0.303 e. The molecule has 1 aromatic rings. The molecule has 0 aliphatic carbocycles. The van der Waals surface area contributed by atoms with Crippen LogP contribution in [0.4, 0.5) is 4.39 Å². The van der Waals surface area contributed by atoms with Crippen molar-refractivity contribution in [3.05, 3.63) is 30.1 Å². The molecule has 0 aromatic heterocycles. The van der Waals surface area contributed by atoms with Crippen LogP contribution in [-0.2, 0) is 24.7 Å². The number of rotatable bonds is 9. The third-order valence-electron chi connectivity index (χ3n) is 4.31. The molecule has 0 unspecified atom stereocenters. The molecule has 0 saturated carbocycles. The maximum absolute atomic E-state index is 13.1. The van der Waals surface area contributed by atoms with Crippen LogP contribution < -0.4 is 0 Å². The fraction of sp³-hybridized carbons (Fsp3) is 0.562. The summed E-state index contributed by atoms with van der Waals surface area (Å²) in [7, 11) is -7.25. The summed E-state index contributed by atoms with van der Waals surface area (Å²) in [6, 6.07) is 3.75. The number of sulfone groups is 1. The molecule has 1 atom stereocenters. The van der Waals surface area contributed by atoms with Gasteiger partial charge in [0.2, 0.25) is 10.0 Å². The zero-order chi connectivity index (χ0) is 19.4. The van der Waals surface area contributed by atoms with Gasteiger partial charge in [0.15, 0.2) is 9.84 Å². The molecular formula is C16H22FNO6S2. The number of sulfonamides is 1. The molecule has 0 amide bonds. The zero-order valence-corrected chi connectivity index (χ0v) is 15.8. The highest BCUT2D eigenvalue weighted by atomic mass is 32.2. The van der Waals surface area contributed by atoms with Gasteiger partial charge in [-0.1, -0.05) is 6.42 Å². The lowest BCUT2D eigenvalue weighted by Gasteiger charge is -2.27. The molecule has 1 heterocycles. The lowest BCUT2D eigenvalue weighted by Crippen LogP contribution is -2.41. The molecule has 2 rings (SSSR count). The fourth-order valence-electron chi connectivity index (χ4n) is 2.96. The van der Waals surface area contributed by atoms with Gasteiger partial charge < -0.3 is 5.11 Å². The Morgan fingerprint density at radius 2 is 1.85 bits per heavy atom. The van der Waals surface area contributed by atoms with Gasteiger partial charge in [0.05, 0.1) is 16.4 Å². The molecule has 1 saturated heterocycles. The Morgan fingerprint density at radius 3 is 2.38 bits per heavy atom. The van der Waals surface area contributed by atoms with Crippen LogP contribution >= 0.6 is 0 Å². The van der Waals surface area contributed by atoms with E-state index in [4.69, 9.17) is 5.11 Å². The summed E-state index contributed by atoms with van der Waals surface area (Å²) < 4.78 is 63.7. The summed E-state index contributed by atoms with van der Waals surface area (Å²) in [6.07, 6.45) is 1.58. The molecule has 146 valence electrons. The molecule has 0 spiro atoms. The lowest BCUT2D eigenvalue weighted by molar-refractivity contribution is -0.137. The smallest absolute Gasteiger partial charge is 0.303 e. The van der Waals surface area contributed by atoms with Crippen molar-refractivity contribution in [2.45, 2.75) is 43.0 Å². The van der Waals surface area contributed by atoms with E-state index in [-0.39, 0.29) is 35.8 Å². The van der Waals surface area contributed by atoms with E-state index in [1.165, 1.54) is 4.31 Å². The second kappa shape index (κ2) is 8.45. The van der Waals surface area contributed by atoms with Crippen LogP contribution in [0.1, 0.15) is 32.1 Å². The van der Waals surface area contributed by atoms with E-state index < -0.39 is 37.7 Å². The molecule has 1 fully saturated rings. The van der Waals surface area contributed by atoms with Crippen LogP contribution in [0.25, 0.3) is 0 Å². The highest BCUT2D eigenvalue weighted by Crippen LogP contribution is 2.26. The van der Waals surface area contributed by atoms with E-state index >= 15 is 0 Å². The maximum atomic E-state index is 13.1. The Hall–Kier alpha value is -1.52. The van der Waals surface area contributed by atoms with Gasteiger partial charge in [0.25, 0.3) is 0 Å². The molecular weight excluding hydrogens is 385 g/mol. The van der Waals surface area contributed by atoms with E-state index in [1.807, 2.05) is 0 Å². The quantitative estimate of drug-likeness (QED) is 0.624. The molecule has 10 heteroatoms. The summed E-state index contributed by atoms with van der Waals surface area (Å²) in [5.74, 6) is -1.77. The number of hydrogen-bond donors (Lipinski definition) is 1. The van der Waals surface area contributed by atoms with Crippen molar-refractivity contribution < 1.29 is 31.1 Å². The molecule has 26 heavy (non-hydrogen) atoms. The van der Waals surface area contributed by atoms with Crippen molar-refractivity contribution in [3.8, 4) is 0 Å². The Balaban J connectivity index is 2.16. The van der Waals surface area contributed by atoms with E-state index in [0.29, 0.717) is 19.3 Å². The predicted molar refractivity (Wildman–Crippen MR) is 93.5 cm³/mol. The van der Waals surface area contributed by atoms with Crippen LogP contribution in [-0.4, -0.2) is 56.3 Å². The van der Waals surface area contributed by atoms with Crippen molar-refractivity contribution in [3.63, 3.8) is 0 Å². The van der Waals surface area contributed by atoms with Gasteiger partial charge in [0.1, 0.15) is 5.82 Å². The van der Waals surface area contributed by atoms with Crippen molar-refractivity contribution >= 4 is 25.8 Å². The number of carboxylic acid groups (broad SMARTS) is 1. The largest absolute Gasteiger partial charge is 0.481 e. The van der Waals surface area contributed by atoms with Crippen molar-refractivity contribution in [2.75, 3.05) is 18.1 Å². The van der Waals surface area contributed by atoms with Gasteiger partial charge in [-0.25, -0.2) is 21.2 Å². The van der Waals surface area contributed by atoms with Gasteiger partial charge >= 0.3 is 5.97 Å². The van der Waals surface area contributed by atoms with Gasteiger partial charge in [-0.3, -0.25) is 4.79 Å². The first-order chi connectivity index (χ1) is 12.1. The zero-order valence-electron chi connectivity index (χ0n) is 14.2. The fourth-order valence-corrected chi connectivity index (χ4v) is 6.48. The minimum absolute atomic E-state index is 0.00250. The van der Waals surface area contributed by atoms with Crippen molar-refractivity contribution in [2.24, 2.45) is 0 Å². The first-order valence-corrected chi connectivity index (χ1v) is 11.6. The number of hydrogen-bond acceptors (Lipinski definition) is 5. The molecule has 1 N–H and O–H groups in total. The van der Waals surface area contributed by atoms with Crippen molar-refractivity contribution in [1.29, 1.82) is 0 Å². The summed E-state index contributed by atoms with van der Waals surface area (Å²) in [6.45, 7) is 0.0967. The summed E-state index contributed by atoms with van der Waals surface area (Å²) in [4.78, 5) is 10.5. The average Bonchev–Trinajstić information content (AvgIpc) is 2.90. The highest BCUT2D eigenvalue weighted by Gasteiger charge is 2.38. The Kier molecular flexibility index (Phi) is 6.75. The second-order valence-electron chi connectivity index (χ2n) is 6.33. The number of carbonyl (C=O) groups is 1. The Morgan fingerprint density at radius 1 is 1.19 bits per heavy atom. The van der Waals surface area contributed by atoms with E-state index in [9.17, 15) is 26.0 Å².